The first kappa shape index (κ1) is 21.0. The van der Waals surface area contributed by atoms with Gasteiger partial charge in [0.1, 0.15) is 5.75 Å². The first-order chi connectivity index (χ1) is 15.3. The number of methoxy groups -OCH3 is 1. The maximum Gasteiger partial charge on any atom is 0.123 e. The molecule has 0 amide bonds. The van der Waals surface area contributed by atoms with Crippen LogP contribution in [0, 0.1) is 0 Å². The van der Waals surface area contributed by atoms with Gasteiger partial charge in [-0.05, 0) is 49.2 Å². The summed E-state index contributed by atoms with van der Waals surface area (Å²) in [6, 6.07) is 18.5. The SMILES string of the molecule is COc1ccc(CN2CCN3[C@@H](COC[C@@H]3c3ccccc3)C2)cc1CN1CCCC1. The molecule has 0 radical (unpaired) electrons. The number of morpholine rings is 1. The molecule has 0 aliphatic carbocycles. The zero-order valence-corrected chi connectivity index (χ0v) is 18.7. The first-order valence-corrected chi connectivity index (χ1v) is 11.8. The second-order valence-corrected chi connectivity index (χ2v) is 9.22. The molecule has 5 nitrogen and oxygen atoms in total. The monoisotopic (exact) mass is 421 g/mol. The first-order valence-electron chi connectivity index (χ1n) is 11.8. The fourth-order valence-electron chi connectivity index (χ4n) is 5.50. The van der Waals surface area contributed by atoms with Crippen molar-refractivity contribution in [3.63, 3.8) is 0 Å². The van der Waals surface area contributed by atoms with E-state index in [9.17, 15) is 0 Å². The Bertz CT molecular complexity index is 853. The van der Waals surface area contributed by atoms with Crippen molar-refractivity contribution in [1.29, 1.82) is 0 Å². The summed E-state index contributed by atoms with van der Waals surface area (Å²) in [5.74, 6) is 1.02. The van der Waals surface area contributed by atoms with Crippen molar-refractivity contribution in [3.8, 4) is 5.75 Å². The van der Waals surface area contributed by atoms with E-state index in [2.05, 4.69) is 63.2 Å². The second-order valence-electron chi connectivity index (χ2n) is 9.22. The molecular weight excluding hydrogens is 386 g/mol. The highest BCUT2D eigenvalue weighted by molar-refractivity contribution is 5.37. The van der Waals surface area contributed by atoms with Gasteiger partial charge in [-0.1, -0.05) is 36.4 Å². The van der Waals surface area contributed by atoms with Crippen LogP contribution < -0.4 is 4.74 Å². The van der Waals surface area contributed by atoms with Crippen LogP contribution in [0.1, 0.15) is 35.6 Å². The molecule has 3 aliphatic rings. The summed E-state index contributed by atoms with van der Waals surface area (Å²) in [7, 11) is 1.79. The third-order valence-electron chi connectivity index (χ3n) is 7.13. The van der Waals surface area contributed by atoms with Crippen LogP contribution in [0.4, 0.5) is 0 Å². The largest absolute Gasteiger partial charge is 0.496 e. The molecule has 3 aliphatic heterocycles. The van der Waals surface area contributed by atoms with Crippen molar-refractivity contribution < 1.29 is 9.47 Å². The fourth-order valence-corrected chi connectivity index (χ4v) is 5.50. The van der Waals surface area contributed by atoms with Crippen LogP contribution in [0.2, 0.25) is 0 Å². The Balaban J connectivity index is 1.24. The zero-order chi connectivity index (χ0) is 21.0. The molecule has 5 rings (SSSR count). The number of ether oxygens (including phenoxy) is 2. The number of fused-ring (bicyclic) bond motifs is 1. The normalized spacial score (nSPS) is 25.5. The van der Waals surface area contributed by atoms with E-state index >= 15 is 0 Å². The minimum atomic E-state index is 0.384. The Labute approximate surface area is 186 Å². The average Bonchev–Trinajstić information content (AvgIpc) is 3.32. The molecule has 0 unspecified atom stereocenters. The van der Waals surface area contributed by atoms with Gasteiger partial charge in [-0.3, -0.25) is 14.7 Å². The van der Waals surface area contributed by atoms with Gasteiger partial charge in [-0.25, -0.2) is 0 Å². The second kappa shape index (κ2) is 9.70. The molecule has 0 N–H and O–H groups in total. The predicted molar refractivity (Wildman–Crippen MR) is 123 cm³/mol. The smallest absolute Gasteiger partial charge is 0.123 e. The lowest BCUT2D eigenvalue weighted by Gasteiger charge is -2.48. The van der Waals surface area contributed by atoms with Gasteiger partial charge in [0.2, 0.25) is 0 Å². The minimum absolute atomic E-state index is 0.384. The van der Waals surface area contributed by atoms with Crippen molar-refractivity contribution in [2.24, 2.45) is 0 Å². The molecule has 2 aromatic rings. The maximum absolute atomic E-state index is 6.04. The van der Waals surface area contributed by atoms with E-state index in [0.717, 1.165) is 51.7 Å². The van der Waals surface area contributed by atoms with Crippen molar-refractivity contribution in [1.82, 2.24) is 14.7 Å². The molecule has 2 aromatic carbocycles. The van der Waals surface area contributed by atoms with Crippen LogP contribution in [-0.4, -0.2) is 73.8 Å². The molecule has 0 aromatic heterocycles. The van der Waals surface area contributed by atoms with Gasteiger partial charge in [0, 0.05) is 44.3 Å². The number of benzene rings is 2. The third kappa shape index (κ3) is 4.80. The summed E-state index contributed by atoms with van der Waals surface area (Å²) in [5.41, 5.74) is 4.09. The molecular formula is C26H35N3O2. The van der Waals surface area contributed by atoms with Gasteiger partial charge in [0.05, 0.1) is 26.4 Å². The topological polar surface area (TPSA) is 28.2 Å². The Hall–Kier alpha value is -1.92. The van der Waals surface area contributed by atoms with Gasteiger partial charge >= 0.3 is 0 Å². The summed E-state index contributed by atoms with van der Waals surface area (Å²) in [5, 5.41) is 0. The number of rotatable bonds is 6. The highest BCUT2D eigenvalue weighted by atomic mass is 16.5. The quantitative estimate of drug-likeness (QED) is 0.711. The van der Waals surface area contributed by atoms with E-state index in [0.29, 0.717) is 12.1 Å². The Morgan fingerprint density at radius 1 is 0.903 bits per heavy atom. The number of nitrogens with zero attached hydrogens (tertiary/aromatic N) is 3. The van der Waals surface area contributed by atoms with Crippen molar-refractivity contribution in [2.75, 3.05) is 53.0 Å². The van der Waals surface area contributed by atoms with E-state index in [-0.39, 0.29) is 0 Å². The molecule has 3 fully saturated rings. The van der Waals surface area contributed by atoms with Crippen LogP contribution in [0.25, 0.3) is 0 Å². The van der Waals surface area contributed by atoms with E-state index in [4.69, 9.17) is 9.47 Å². The predicted octanol–water partition coefficient (Wildman–Crippen LogP) is 3.55. The Kier molecular flexibility index (Phi) is 6.55. The number of hydrogen-bond acceptors (Lipinski definition) is 5. The summed E-state index contributed by atoms with van der Waals surface area (Å²) in [6.07, 6.45) is 2.64. The number of piperazine rings is 1. The van der Waals surface area contributed by atoms with E-state index in [1.807, 2.05) is 0 Å². The third-order valence-corrected chi connectivity index (χ3v) is 7.13. The molecule has 5 heteroatoms. The highest BCUT2D eigenvalue weighted by Crippen LogP contribution is 2.30. The molecule has 2 atom stereocenters. The Morgan fingerprint density at radius 3 is 2.55 bits per heavy atom. The van der Waals surface area contributed by atoms with E-state index < -0.39 is 0 Å². The number of hydrogen-bond donors (Lipinski definition) is 0. The average molecular weight is 422 g/mol. The van der Waals surface area contributed by atoms with Crippen molar-refractivity contribution >= 4 is 0 Å². The highest BCUT2D eigenvalue weighted by Gasteiger charge is 2.36. The summed E-state index contributed by atoms with van der Waals surface area (Å²) < 4.78 is 11.7. The molecule has 0 saturated carbocycles. The van der Waals surface area contributed by atoms with Gasteiger partial charge < -0.3 is 9.47 Å². The van der Waals surface area contributed by atoms with Crippen LogP contribution in [-0.2, 0) is 17.8 Å². The fraction of sp³-hybridized carbons (Fsp3) is 0.538. The molecule has 3 heterocycles. The molecule has 3 saturated heterocycles. The van der Waals surface area contributed by atoms with E-state index in [1.54, 1.807) is 7.11 Å². The van der Waals surface area contributed by atoms with Crippen LogP contribution in [0.3, 0.4) is 0 Å². The number of likely N-dealkylation sites (tertiary alicyclic amines) is 1. The van der Waals surface area contributed by atoms with Gasteiger partial charge in [0.25, 0.3) is 0 Å². The standard InChI is InChI=1S/C26H35N3O2/c1-30-26-10-9-21(15-23(26)17-27-11-5-6-12-27)16-28-13-14-29-24(18-28)19-31-20-25(29)22-7-3-2-4-8-22/h2-4,7-10,15,24-25H,5-6,11-14,16-20H2,1H3/t24-,25-/m1/s1. The molecule has 31 heavy (non-hydrogen) atoms. The van der Waals surface area contributed by atoms with Gasteiger partial charge in [-0.15, -0.1) is 0 Å². The summed E-state index contributed by atoms with van der Waals surface area (Å²) in [6.45, 7) is 9.33. The lowest BCUT2D eigenvalue weighted by Crippen LogP contribution is -2.58. The summed E-state index contributed by atoms with van der Waals surface area (Å²) >= 11 is 0. The van der Waals surface area contributed by atoms with Crippen LogP contribution in [0.15, 0.2) is 48.5 Å². The van der Waals surface area contributed by atoms with Gasteiger partial charge in [0.15, 0.2) is 0 Å². The van der Waals surface area contributed by atoms with Gasteiger partial charge in [-0.2, -0.15) is 0 Å². The molecule has 0 bridgehead atoms. The maximum atomic E-state index is 6.04. The van der Waals surface area contributed by atoms with Crippen LogP contribution in [0.5, 0.6) is 5.75 Å². The lowest BCUT2D eigenvalue weighted by molar-refractivity contribution is -0.0835. The van der Waals surface area contributed by atoms with Crippen LogP contribution >= 0.6 is 0 Å². The molecule has 166 valence electrons. The lowest BCUT2D eigenvalue weighted by atomic mass is 10.00. The zero-order valence-electron chi connectivity index (χ0n) is 18.7. The summed E-state index contributed by atoms with van der Waals surface area (Å²) in [4.78, 5) is 7.81. The van der Waals surface area contributed by atoms with E-state index in [1.165, 1.54) is 42.6 Å². The Morgan fingerprint density at radius 2 is 1.74 bits per heavy atom. The van der Waals surface area contributed by atoms with Crippen molar-refractivity contribution in [2.45, 2.75) is 38.0 Å². The minimum Gasteiger partial charge on any atom is -0.496 e. The van der Waals surface area contributed by atoms with Crippen molar-refractivity contribution in [3.05, 3.63) is 65.2 Å². The molecule has 0 spiro atoms.